The van der Waals surface area contributed by atoms with E-state index in [-0.39, 0.29) is 5.91 Å². The SMILES string of the molecule is CC(=O)NCCc1ccc2nc(Oc3ccc(OCC4CCCCC4)c(Cl)c3)ccc2c1. The summed E-state index contributed by atoms with van der Waals surface area (Å²) in [6, 6.07) is 15.4. The molecule has 0 spiro atoms. The van der Waals surface area contributed by atoms with E-state index in [0.29, 0.717) is 34.9 Å². The molecule has 0 radical (unpaired) electrons. The molecule has 6 heteroatoms. The molecule has 1 amide bonds. The highest BCUT2D eigenvalue weighted by atomic mass is 35.5. The topological polar surface area (TPSA) is 60.5 Å². The predicted molar refractivity (Wildman–Crippen MR) is 128 cm³/mol. The number of halogens is 1. The Bertz CT molecular complexity index is 1080. The Kier molecular flexibility index (Phi) is 7.48. The molecule has 1 aliphatic rings. The number of nitrogens with zero attached hydrogens (tertiary/aromatic N) is 1. The van der Waals surface area contributed by atoms with Crippen LogP contribution in [0.3, 0.4) is 0 Å². The second-order valence-corrected chi connectivity index (χ2v) is 8.83. The number of hydrogen-bond donors (Lipinski definition) is 1. The number of amides is 1. The van der Waals surface area contributed by atoms with Gasteiger partial charge in [-0.05, 0) is 61.1 Å². The van der Waals surface area contributed by atoms with Gasteiger partial charge in [0.25, 0.3) is 0 Å². The minimum absolute atomic E-state index is 0.0156. The van der Waals surface area contributed by atoms with Gasteiger partial charge in [0, 0.05) is 31.0 Å². The molecule has 0 atom stereocenters. The molecule has 168 valence electrons. The maximum Gasteiger partial charge on any atom is 0.219 e. The van der Waals surface area contributed by atoms with Crippen molar-refractivity contribution in [3.63, 3.8) is 0 Å². The first-order valence-electron chi connectivity index (χ1n) is 11.3. The Morgan fingerprint density at radius 3 is 2.72 bits per heavy atom. The molecule has 0 aliphatic heterocycles. The lowest BCUT2D eigenvalue weighted by Gasteiger charge is -2.22. The van der Waals surface area contributed by atoms with Crippen molar-refractivity contribution in [2.24, 2.45) is 5.92 Å². The molecule has 0 bridgehead atoms. The van der Waals surface area contributed by atoms with E-state index in [2.05, 4.69) is 16.4 Å². The van der Waals surface area contributed by atoms with Gasteiger partial charge >= 0.3 is 0 Å². The molecule has 2 aromatic carbocycles. The zero-order valence-electron chi connectivity index (χ0n) is 18.4. The fraction of sp³-hybridized carbons (Fsp3) is 0.385. The number of nitrogens with one attached hydrogen (secondary N) is 1. The summed E-state index contributed by atoms with van der Waals surface area (Å²) >= 11 is 6.44. The number of carbonyl (C=O) groups excluding carboxylic acids is 1. The summed E-state index contributed by atoms with van der Waals surface area (Å²) in [7, 11) is 0. The lowest BCUT2D eigenvalue weighted by molar-refractivity contribution is -0.118. The molecular weight excluding hydrogens is 424 g/mol. The van der Waals surface area contributed by atoms with Gasteiger partial charge in [-0.2, -0.15) is 0 Å². The van der Waals surface area contributed by atoms with Crippen molar-refractivity contribution >= 4 is 28.4 Å². The summed E-state index contributed by atoms with van der Waals surface area (Å²) in [5, 5.41) is 4.39. The number of ether oxygens (including phenoxy) is 2. The van der Waals surface area contributed by atoms with Gasteiger partial charge in [-0.25, -0.2) is 4.98 Å². The van der Waals surface area contributed by atoms with Crippen LogP contribution in [0.1, 0.15) is 44.6 Å². The molecule has 1 N–H and O–H groups in total. The van der Waals surface area contributed by atoms with Gasteiger partial charge in [-0.15, -0.1) is 0 Å². The normalized spacial score (nSPS) is 14.3. The monoisotopic (exact) mass is 452 g/mol. The van der Waals surface area contributed by atoms with Crippen molar-refractivity contribution < 1.29 is 14.3 Å². The maximum absolute atomic E-state index is 11.0. The van der Waals surface area contributed by atoms with Crippen LogP contribution >= 0.6 is 11.6 Å². The zero-order valence-corrected chi connectivity index (χ0v) is 19.2. The van der Waals surface area contributed by atoms with Crippen molar-refractivity contribution in [1.82, 2.24) is 10.3 Å². The lowest BCUT2D eigenvalue weighted by Crippen LogP contribution is -2.22. The van der Waals surface area contributed by atoms with Gasteiger partial charge in [0.05, 0.1) is 17.1 Å². The molecule has 1 fully saturated rings. The maximum atomic E-state index is 11.0. The third-order valence-corrected chi connectivity index (χ3v) is 6.14. The van der Waals surface area contributed by atoms with E-state index in [1.165, 1.54) is 39.0 Å². The van der Waals surface area contributed by atoms with E-state index in [0.717, 1.165) is 29.5 Å². The van der Waals surface area contributed by atoms with Crippen LogP contribution in [-0.4, -0.2) is 24.0 Å². The number of carbonyl (C=O) groups is 1. The Morgan fingerprint density at radius 2 is 1.94 bits per heavy atom. The number of benzene rings is 2. The van der Waals surface area contributed by atoms with Crippen molar-refractivity contribution in [3.05, 3.63) is 59.1 Å². The molecule has 1 heterocycles. The molecule has 0 saturated heterocycles. The van der Waals surface area contributed by atoms with Crippen molar-refractivity contribution in [2.75, 3.05) is 13.2 Å². The van der Waals surface area contributed by atoms with Crippen LogP contribution in [0.15, 0.2) is 48.5 Å². The quantitative estimate of drug-likeness (QED) is 0.434. The van der Waals surface area contributed by atoms with E-state index in [1.807, 2.05) is 36.4 Å². The Morgan fingerprint density at radius 1 is 1.09 bits per heavy atom. The molecule has 5 nitrogen and oxygen atoms in total. The predicted octanol–water partition coefficient (Wildman–Crippen LogP) is 6.32. The summed E-state index contributed by atoms with van der Waals surface area (Å²) in [6.45, 7) is 2.87. The molecule has 1 saturated carbocycles. The van der Waals surface area contributed by atoms with Gasteiger partial charge in [0.15, 0.2) is 0 Å². The third-order valence-electron chi connectivity index (χ3n) is 5.84. The second-order valence-electron chi connectivity index (χ2n) is 8.42. The van der Waals surface area contributed by atoms with Crippen LogP contribution in [0.2, 0.25) is 5.02 Å². The standard InChI is InChI=1S/C26H29ClN2O3/c1-18(30)28-14-13-19-7-10-24-21(15-19)8-12-26(29-24)32-22-9-11-25(23(27)16-22)31-17-20-5-3-2-4-6-20/h7-12,15-16,20H,2-6,13-14,17H2,1H3,(H,28,30). The fourth-order valence-corrected chi connectivity index (χ4v) is 4.32. The number of hydrogen-bond acceptors (Lipinski definition) is 4. The highest BCUT2D eigenvalue weighted by Gasteiger charge is 2.15. The van der Waals surface area contributed by atoms with Crippen LogP contribution in [-0.2, 0) is 11.2 Å². The molecule has 0 unspecified atom stereocenters. The fourth-order valence-electron chi connectivity index (χ4n) is 4.10. The summed E-state index contributed by atoms with van der Waals surface area (Å²) in [5.74, 6) is 2.44. The van der Waals surface area contributed by atoms with Crippen LogP contribution in [0.25, 0.3) is 10.9 Å². The van der Waals surface area contributed by atoms with Crippen molar-refractivity contribution in [3.8, 4) is 17.4 Å². The van der Waals surface area contributed by atoms with E-state index in [9.17, 15) is 4.79 Å². The van der Waals surface area contributed by atoms with E-state index in [1.54, 1.807) is 6.07 Å². The van der Waals surface area contributed by atoms with Gasteiger partial charge < -0.3 is 14.8 Å². The molecule has 4 rings (SSSR count). The molecule has 1 aromatic heterocycles. The Balaban J connectivity index is 1.37. The number of rotatable bonds is 8. The van der Waals surface area contributed by atoms with Crippen molar-refractivity contribution in [2.45, 2.75) is 45.4 Å². The Hall–Kier alpha value is -2.79. The smallest absolute Gasteiger partial charge is 0.219 e. The van der Waals surface area contributed by atoms with Gasteiger partial charge in [0.2, 0.25) is 11.8 Å². The molecule has 32 heavy (non-hydrogen) atoms. The molecular formula is C26H29ClN2O3. The summed E-state index contributed by atoms with van der Waals surface area (Å²) in [5.41, 5.74) is 2.00. The van der Waals surface area contributed by atoms with E-state index >= 15 is 0 Å². The van der Waals surface area contributed by atoms with Crippen LogP contribution in [0, 0.1) is 5.92 Å². The van der Waals surface area contributed by atoms with E-state index in [4.69, 9.17) is 21.1 Å². The number of fused-ring (bicyclic) bond motifs is 1. The van der Waals surface area contributed by atoms with Gasteiger partial charge in [0.1, 0.15) is 11.5 Å². The second kappa shape index (κ2) is 10.7. The lowest BCUT2D eigenvalue weighted by atomic mass is 9.90. The summed E-state index contributed by atoms with van der Waals surface area (Å²) < 4.78 is 11.9. The van der Waals surface area contributed by atoms with Gasteiger partial charge in [-0.1, -0.05) is 36.9 Å². The summed E-state index contributed by atoms with van der Waals surface area (Å²) in [6.07, 6.45) is 7.19. The van der Waals surface area contributed by atoms with Crippen LogP contribution in [0.4, 0.5) is 0 Å². The van der Waals surface area contributed by atoms with Crippen LogP contribution < -0.4 is 14.8 Å². The Labute approximate surface area is 194 Å². The number of aromatic nitrogens is 1. The van der Waals surface area contributed by atoms with Gasteiger partial charge in [-0.3, -0.25) is 4.79 Å². The minimum Gasteiger partial charge on any atom is -0.492 e. The average Bonchev–Trinajstić information content (AvgIpc) is 2.79. The number of pyridine rings is 1. The average molecular weight is 453 g/mol. The molecule has 3 aromatic rings. The van der Waals surface area contributed by atoms with E-state index < -0.39 is 0 Å². The van der Waals surface area contributed by atoms with Crippen LogP contribution in [0.5, 0.6) is 17.4 Å². The summed E-state index contributed by atoms with van der Waals surface area (Å²) in [4.78, 5) is 15.6. The largest absolute Gasteiger partial charge is 0.492 e. The molecule has 1 aliphatic carbocycles. The minimum atomic E-state index is -0.0156. The first kappa shape index (κ1) is 22.4. The first-order valence-corrected chi connectivity index (χ1v) is 11.7. The first-order chi connectivity index (χ1) is 15.6. The van der Waals surface area contributed by atoms with Crippen molar-refractivity contribution in [1.29, 1.82) is 0 Å². The third kappa shape index (κ3) is 6.13. The highest BCUT2D eigenvalue weighted by molar-refractivity contribution is 6.32. The zero-order chi connectivity index (χ0) is 22.3. The highest BCUT2D eigenvalue weighted by Crippen LogP contribution is 2.33.